The molecule has 0 bridgehead atoms. The Hall–Kier alpha value is -2.69. The maximum atomic E-state index is 12.7. The summed E-state index contributed by atoms with van der Waals surface area (Å²) >= 11 is 0. The predicted octanol–water partition coefficient (Wildman–Crippen LogP) is 3.91. The first kappa shape index (κ1) is 18.1. The van der Waals surface area contributed by atoms with E-state index in [1.807, 2.05) is 52.8 Å². The van der Waals surface area contributed by atoms with Crippen molar-refractivity contribution < 1.29 is 14.4 Å². The maximum Gasteiger partial charge on any atom is 0.337 e. The first-order valence-corrected chi connectivity index (χ1v) is 8.70. The molecule has 2 heterocycles. The van der Waals surface area contributed by atoms with Gasteiger partial charge in [0.1, 0.15) is 0 Å². The highest BCUT2D eigenvalue weighted by atomic mass is 16.7. The minimum Gasteiger partial charge on any atom is -0.340 e. The van der Waals surface area contributed by atoms with Crippen LogP contribution >= 0.6 is 0 Å². The fourth-order valence-corrected chi connectivity index (χ4v) is 2.88. The summed E-state index contributed by atoms with van der Waals surface area (Å²) in [5, 5.41) is 1.57. The Morgan fingerprint density at radius 1 is 1.12 bits per heavy atom. The van der Waals surface area contributed by atoms with Crippen molar-refractivity contribution in [3.05, 3.63) is 59.4 Å². The van der Waals surface area contributed by atoms with Gasteiger partial charge >= 0.3 is 5.97 Å². The number of carbonyl (C=O) groups is 2. The zero-order valence-electron chi connectivity index (χ0n) is 15.9. The standard InChI is InChI=1S/C21H24N2O3/c1-20(2,3)19(25)26-23-13-21(4,5)18-16(23)11-15(12-22-18)17(24)14-9-7-6-8-10-14/h6-12H,13H2,1-5H3. The van der Waals surface area contributed by atoms with Crippen molar-refractivity contribution in [1.29, 1.82) is 0 Å². The number of fused-ring (bicyclic) bond motifs is 1. The molecule has 0 N–H and O–H groups in total. The maximum absolute atomic E-state index is 12.7. The van der Waals surface area contributed by atoms with E-state index in [0.29, 0.717) is 23.4 Å². The average Bonchev–Trinajstić information content (AvgIpc) is 2.84. The van der Waals surface area contributed by atoms with E-state index < -0.39 is 5.41 Å². The molecule has 0 fully saturated rings. The molecule has 0 spiro atoms. The van der Waals surface area contributed by atoms with Gasteiger partial charge in [0.05, 0.1) is 23.3 Å². The molecule has 0 saturated heterocycles. The molecule has 0 amide bonds. The van der Waals surface area contributed by atoms with Crippen molar-refractivity contribution in [3.8, 4) is 0 Å². The summed E-state index contributed by atoms with van der Waals surface area (Å²) in [6.45, 7) is 10.0. The number of ketones is 1. The van der Waals surface area contributed by atoms with E-state index in [4.69, 9.17) is 4.84 Å². The van der Waals surface area contributed by atoms with Gasteiger partial charge in [0, 0.05) is 22.7 Å². The molecule has 5 heteroatoms. The Balaban J connectivity index is 1.96. The van der Waals surface area contributed by atoms with E-state index in [9.17, 15) is 9.59 Å². The third-order valence-electron chi connectivity index (χ3n) is 4.42. The molecule has 1 aliphatic rings. The van der Waals surface area contributed by atoms with Gasteiger partial charge in [-0.05, 0) is 26.8 Å². The Morgan fingerprint density at radius 3 is 2.38 bits per heavy atom. The smallest absolute Gasteiger partial charge is 0.337 e. The molecule has 1 aliphatic heterocycles. The van der Waals surface area contributed by atoms with Crippen LogP contribution in [-0.2, 0) is 15.0 Å². The van der Waals surface area contributed by atoms with Gasteiger partial charge in [0.2, 0.25) is 0 Å². The highest BCUT2D eigenvalue weighted by Gasteiger charge is 2.40. The van der Waals surface area contributed by atoms with Crippen molar-refractivity contribution in [2.45, 2.75) is 40.0 Å². The highest BCUT2D eigenvalue weighted by molar-refractivity contribution is 6.09. The molecule has 0 atom stereocenters. The Labute approximate surface area is 154 Å². The van der Waals surface area contributed by atoms with Gasteiger partial charge in [-0.3, -0.25) is 9.78 Å². The Kier molecular flexibility index (Phi) is 4.34. The number of hydrogen-bond donors (Lipinski definition) is 0. The minimum atomic E-state index is -0.613. The SMILES string of the molecule is CC(C)(C)C(=O)ON1CC(C)(C)c2ncc(C(=O)c3ccccc3)cc21. The number of nitrogens with zero attached hydrogens (tertiary/aromatic N) is 2. The van der Waals surface area contributed by atoms with Crippen LogP contribution in [0.2, 0.25) is 0 Å². The molecule has 0 saturated carbocycles. The van der Waals surface area contributed by atoms with Crippen LogP contribution in [0.25, 0.3) is 0 Å². The lowest BCUT2D eigenvalue weighted by molar-refractivity contribution is -0.154. The van der Waals surface area contributed by atoms with Crippen LogP contribution in [0.15, 0.2) is 42.6 Å². The summed E-state index contributed by atoms with van der Waals surface area (Å²) in [5.74, 6) is -0.423. The fraction of sp³-hybridized carbons (Fsp3) is 0.381. The largest absolute Gasteiger partial charge is 0.340 e. The monoisotopic (exact) mass is 352 g/mol. The second-order valence-corrected chi connectivity index (χ2v) is 8.34. The van der Waals surface area contributed by atoms with Gasteiger partial charge in [-0.1, -0.05) is 44.2 Å². The molecule has 2 aromatic rings. The van der Waals surface area contributed by atoms with E-state index in [1.54, 1.807) is 29.5 Å². The zero-order chi connectivity index (χ0) is 19.1. The molecular formula is C21H24N2O3. The van der Waals surface area contributed by atoms with Crippen molar-refractivity contribution in [3.63, 3.8) is 0 Å². The topological polar surface area (TPSA) is 59.5 Å². The van der Waals surface area contributed by atoms with E-state index in [0.717, 1.165) is 5.69 Å². The van der Waals surface area contributed by atoms with Crippen LogP contribution in [0.3, 0.4) is 0 Å². The Morgan fingerprint density at radius 2 is 1.77 bits per heavy atom. The number of carbonyl (C=O) groups excluding carboxylic acids is 2. The lowest BCUT2D eigenvalue weighted by Crippen LogP contribution is -2.35. The number of rotatable bonds is 3. The van der Waals surface area contributed by atoms with Gasteiger partial charge in [-0.15, -0.1) is 0 Å². The second kappa shape index (κ2) is 6.24. The van der Waals surface area contributed by atoms with Crippen LogP contribution in [0.1, 0.15) is 56.2 Å². The second-order valence-electron chi connectivity index (χ2n) is 8.34. The zero-order valence-corrected chi connectivity index (χ0v) is 15.9. The molecule has 3 rings (SSSR count). The fourth-order valence-electron chi connectivity index (χ4n) is 2.88. The molecule has 0 radical (unpaired) electrons. The van der Waals surface area contributed by atoms with Crippen LogP contribution in [0.4, 0.5) is 5.69 Å². The number of hydrogen-bond acceptors (Lipinski definition) is 5. The first-order chi connectivity index (χ1) is 12.1. The van der Waals surface area contributed by atoms with Gasteiger partial charge in [-0.2, -0.15) is 0 Å². The predicted molar refractivity (Wildman–Crippen MR) is 100 cm³/mol. The molecular weight excluding hydrogens is 328 g/mol. The van der Waals surface area contributed by atoms with Crippen LogP contribution in [0, 0.1) is 5.41 Å². The summed E-state index contributed by atoms with van der Waals surface area (Å²) in [5.41, 5.74) is 1.69. The van der Waals surface area contributed by atoms with Crippen molar-refractivity contribution in [2.75, 3.05) is 11.6 Å². The minimum absolute atomic E-state index is 0.104. The van der Waals surface area contributed by atoms with Gasteiger partial charge in [-0.25, -0.2) is 9.86 Å². The van der Waals surface area contributed by atoms with E-state index >= 15 is 0 Å². The molecule has 26 heavy (non-hydrogen) atoms. The number of benzene rings is 1. The molecule has 0 unspecified atom stereocenters. The van der Waals surface area contributed by atoms with Crippen molar-refractivity contribution in [1.82, 2.24) is 4.98 Å². The third kappa shape index (κ3) is 3.34. The number of aromatic nitrogens is 1. The quantitative estimate of drug-likeness (QED) is 0.784. The summed E-state index contributed by atoms with van der Waals surface area (Å²) in [4.78, 5) is 35.2. The highest BCUT2D eigenvalue weighted by Crippen LogP contribution is 2.40. The van der Waals surface area contributed by atoms with Crippen LogP contribution in [-0.4, -0.2) is 23.3 Å². The molecule has 5 nitrogen and oxygen atoms in total. The van der Waals surface area contributed by atoms with Gasteiger partial charge in [0.25, 0.3) is 0 Å². The average molecular weight is 352 g/mol. The molecule has 1 aromatic carbocycles. The number of anilines is 1. The van der Waals surface area contributed by atoms with Crippen molar-refractivity contribution in [2.24, 2.45) is 5.41 Å². The van der Waals surface area contributed by atoms with E-state index in [1.165, 1.54) is 0 Å². The molecule has 136 valence electrons. The summed E-state index contributed by atoms with van der Waals surface area (Å²) in [6.07, 6.45) is 1.60. The summed E-state index contributed by atoms with van der Waals surface area (Å²) in [7, 11) is 0. The number of pyridine rings is 1. The van der Waals surface area contributed by atoms with Crippen LogP contribution in [0.5, 0.6) is 0 Å². The summed E-state index contributed by atoms with van der Waals surface area (Å²) in [6, 6.07) is 10.8. The van der Waals surface area contributed by atoms with Gasteiger partial charge < -0.3 is 4.84 Å². The summed E-state index contributed by atoms with van der Waals surface area (Å²) < 4.78 is 0. The number of hydroxylamine groups is 1. The Bertz CT molecular complexity index is 851. The lowest BCUT2D eigenvalue weighted by Gasteiger charge is -2.24. The molecule has 0 aliphatic carbocycles. The third-order valence-corrected chi connectivity index (χ3v) is 4.42. The van der Waals surface area contributed by atoms with Crippen molar-refractivity contribution >= 4 is 17.4 Å². The lowest BCUT2D eigenvalue weighted by atomic mass is 9.91. The van der Waals surface area contributed by atoms with E-state index in [-0.39, 0.29) is 17.2 Å². The normalized spacial score (nSPS) is 15.5. The molecule has 1 aromatic heterocycles. The van der Waals surface area contributed by atoms with Gasteiger partial charge in [0.15, 0.2) is 5.78 Å². The van der Waals surface area contributed by atoms with E-state index in [2.05, 4.69) is 4.98 Å². The van der Waals surface area contributed by atoms with Crippen LogP contribution < -0.4 is 5.06 Å². The first-order valence-electron chi connectivity index (χ1n) is 8.70.